The smallest absolute Gasteiger partial charge is 0.340 e. The number of carbonyl (C=O) groups excluding carboxylic acids is 1. The van der Waals surface area contributed by atoms with Gasteiger partial charge in [0.05, 0.1) is 15.6 Å². The lowest BCUT2D eigenvalue weighted by atomic mass is 10.0. The van der Waals surface area contributed by atoms with Gasteiger partial charge in [0.1, 0.15) is 6.61 Å². The summed E-state index contributed by atoms with van der Waals surface area (Å²) in [5.74, 6) is -0.549. The molecule has 2 aromatic rings. The van der Waals surface area contributed by atoms with Gasteiger partial charge in [0.2, 0.25) is 0 Å². The maximum atomic E-state index is 12.1. The van der Waals surface area contributed by atoms with Crippen molar-refractivity contribution in [2.45, 2.75) is 20.5 Å². The number of halogens is 3. The fraction of sp³-hybridized carbons (Fsp3) is 0.188. The van der Waals surface area contributed by atoms with Crippen LogP contribution in [0.15, 0.2) is 30.3 Å². The minimum Gasteiger partial charge on any atom is -0.457 e. The highest BCUT2D eigenvalue weighted by atomic mass is 35.5. The standard InChI is InChI=1S/C16H13Cl3O2/c1-9-4-3-5-10(2)13(9)8-21-16(20)12-6-11(17)7-14(18)15(12)19/h3-7H,8H2,1-2H3. The first kappa shape index (κ1) is 16.2. The van der Waals surface area contributed by atoms with Crippen molar-refractivity contribution in [2.75, 3.05) is 0 Å². The van der Waals surface area contributed by atoms with E-state index in [9.17, 15) is 4.79 Å². The van der Waals surface area contributed by atoms with E-state index in [2.05, 4.69) is 0 Å². The first-order chi connectivity index (χ1) is 9.90. The van der Waals surface area contributed by atoms with Gasteiger partial charge in [-0.1, -0.05) is 53.0 Å². The highest BCUT2D eigenvalue weighted by Gasteiger charge is 2.16. The van der Waals surface area contributed by atoms with E-state index in [4.69, 9.17) is 39.5 Å². The zero-order valence-corrected chi connectivity index (χ0v) is 13.8. The van der Waals surface area contributed by atoms with E-state index in [1.165, 1.54) is 12.1 Å². The van der Waals surface area contributed by atoms with Crippen molar-refractivity contribution in [3.05, 3.63) is 67.7 Å². The summed E-state index contributed by atoms with van der Waals surface area (Å²) in [4.78, 5) is 12.1. The fourth-order valence-electron chi connectivity index (χ4n) is 2.00. The van der Waals surface area contributed by atoms with Gasteiger partial charge >= 0.3 is 5.97 Å². The third-order valence-corrected chi connectivity index (χ3v) is 4.23. The molecule has 0 fully saturated rings. The minimum absolute atomic E-state index is 0.146. The van der Waals surface area contributed by atoms with Gasteiger partial charge in [0, 0.05) is 5.02 Å². The Labute approximate surface area is 138 Å². The predicted molar refractivity (Wildman–Crippen MR) is 86.5 cm³/mol. The maximum Gasteiger partial charge on any atom is 0.340 e. The number of hydrogen-bond donors (Lipinski definition) is 0. The third kappa shape index (κ3) is 3.70. The lowest BCUT2D eigenvalue weighted by Crippen LogP contribution is -2.08. The summed E-state index contributed by atoms with van der Waals surface area (Å²) in [6, 6.07) is 8.83. The molecule has 2 aromatic carbocycles. The minimum atomic E-state index is -0.549. The van der Waals surface area contributed by atoms with E-state index >= 15 is 0 Å². The largest absolute Gasteiger partial charge is 0.457 e. The Hall–Kier alpha value is -1.22. The number of carbonyl (C=O) groups is 1. The lowest BCUT2D eigenvalue weighted by molar-refractivity contribution is 0.0472. The molecule has 0 heterocycles. The van der Waals surface area contributed by atoms with E-state index < -0.39 is 5.97 Å². The zero-order valence-electron chi connectivity index (χ0n) is 11.5. The van der Waals surface area contributed by atoms with Crippen molar-refractivity contribution in [3.63, 3.8) is 0 Å². The molecule has 0 aliphatic heterocycles. The van der Waals surface area contributed by atoms with Gasteiger partial charge in [-0.15, -0.1) is 0 Å². The summed E-state index contributed by atoms with van der Waals surface area (Å²) in [6.07, 6.45) is 0. The van der Waals surface area contributed by atoms with E-state index in [1.807, 2.05) is 32.0 Å². The Morgan fingerprint density at radius 2 is 1.71 bits per heavy atom. The monoisotopic (exact) mass is 342 g/mol. The normalized spacial score (nSPS) is 10.5. The molecule has 0 aliphatic rings. The number of rotatable bonds is 3. The van der Waals surface area contributed by atoms with Crippen LogP contribution in [0.3, 0.4) is 0 Å². The molecule has 21 heavy (non-hydrogen) atoms. The second-order valence-corrected chi connectivity index (χ2v) is 5.92. The molecule has 5 heteroatoms. The number of benzene rings is 2. The summed E-state index contributed by atoms with van der Waals surface area (Å²) < 4.78 is 5.33. The molecule has 0 aromatic heterocycles. The number of aryl methyl sites for hydroxylation is 2. The molecule has 0 aliphatic carbocycles. The molecular weight excluding hydrogens is 331 g/mol. The van der Waals surface area contributed by atoms with E-state index in [-0.39, 0.29) is 22.2 Å². The van der Waals surface area contributed by atoms with Crippen LogP contribution in [0.1, 0.15) is 27.0 Å². The van der Waals surface area contributed by atoms with Gasteiger partial charge < -0.3 is 4.74 Å². The summed E-state index contributed by atoms with van der Waals surface area (Å²) in [6.45, 7) is 4.12. The average Bonchev–Trinajstić information content (AvgIpc) is 2.42. The second-order valence-electron chi connectivity index (χ2n) is 4.70. The quantitative estimate of drug-likeness (QED) is 0.534. The molecule has 0 amide bonds. The molecule has 0 unspecified atom stereocenters. The van der Waals surface area contributed by atoms with Crippen molar-refractivity contribution >= 4 is 40.8 Å². The van der Waals surface area contributed by atoms with Crippen LogP contribution >= 0.6 is 34.8 Å². The molecule has 0 radical (unpaired) electrons. The Morgan fingerprint density at radius 3 is 2.33 bits per heavy atom. The summed E-state index contributed by atoms with van der Waals surface area (Å²) >= 11 is 17.8. The highest BCUT2D eigenvalue weighted by Crippen LogP contribution is 2.30. The molecule has 0 N–H and O–H groups in total. The van der Waals surface area contributed by atoms with Gasteiger partial charge in [-0.05, 0) is 42.7 Å². The van der Waals surface area contributed by atoms with Crippen LogP contribution < -0.4 is 0 Å². The number of hydrogen-bond acceptors (Lipinski definition) is 2. The molecular formula is C16H13Cl3O2. The predicted octanol–water partition coefficient (Wildman–Crippen LogP) is 5.62. The summed E-state index contributed by atoms with van der Waals surface area (Å²) in [5, 5.41) is 0.708. The van der Waals surface area contributed by atoms with Crippen LogP contribution in [-0.4, -0.2) is 5.97 Å². The maximum absolute atomic E-state index is 12.1. The van der Waals surface area contributed by atoms with Crippen molar-refractivity contribution in [3.8, 4) is 0 Å². The van der Waals surface area contributed by atoms with Crippen LogP contribution in [-0.2, 0) is 11.3 Å². The van der Waals surface area contributed by atoms with Gasteiger partial charge in [0.25, 0.3) is 0 Å². The van der Waals surface area contributed by atoms with Gasteiger partial charge in [-0.25, -0.2) is 4.79 Å². The van der Waals surface area contributed by atoms with E-state index in [0.29, 0.717) is 5.02 Å². The Balaban J connectivity index is 2.20. The molecule has 0 spiro atoms. The first-order valence-electron chi connectivity index (χ1n) is 6.27. The van der Waals surface area contributed by atoms with Crippen LogP contribution in [0.5, 0.6) is 0 Å². The molecule has 2 rings (SSSR count). The van der Waals surface area contributed by atoms with Crippen molar-refractivity contribution in [1.82, 2.24) is 0 Å². The molecule has 0 bridgehead atoms. The first-order valence-corrected chi connectivity index (χ1v) is 7.40. The van der Waals surface area contributed by atoms with Crippen LogP contribution in [0.2, 0.25) is 15.1 Å². The zero-order chi connectivity index (χ0) is 15.6. The van der Waals surface area contributed by atoms with Crippen LogP contribution in [0.4, 0.5) is 0 Å². The average molecular weight is 344 g/mol. The van der Waals surface area contributed by atoms with Crippen LogP contribution in [0.25, 0.3) is 0 Å². The number of esters is 1. The second kappa shape index (κ2) is 6.69. The fourth-order valence-corrected chi connectivity index (χ4v) is 2.68. The van der Waals surface area contributed by atoms with Gasteiger partial charge in [-0.3, -0.25) is 0 Å². The third-order valence-electron chi connectivity index (χ3n) is 3.20. The van der Waals surface area contributed by atoms with Crippen LogP contribution in [0, 0.1) is 13.8 Å². The summed E-state index contributed by atoms with van der Waals surface area (Å²) in [7, 11) is 0. The Kier molecular flexibility index (Phi) is 5.15. The van der Waals surface area contributed by atoms with Gasteiger partial charge in [-0.2, -0.15) is 0 Å². The SMILES string of the molecule is Cc1cccc(C)c1COC(=O)c1cc(Cl)cc(Cl)c1Cl. The lowest BCUT2D eigenvalue weighted by Gasteiger charge is -2.11. The van der Waals surface area contributed by atoms with Crippen molar-refractivity contribution < 1.29 is 9.53 Å². The summed E-state index contributed by atoms with van der Waals surface area (Å²) in [5.41, 5.74) is 3.28. The number of ether oxygens (including phenoxy) is 1. The van der Waals surface area contributed by atoms with E-state index in [1.54, 1.807) is 0 Å². The van der Waals surface area contributed by atoms with Crippen molar-refractivity contribution in [1.29, 1.82) is 0 Å². The molecule has 0 saturated carbocycles. The Bertz CT molecular complexity index is 676. The topological polar surface area (TPSA) is 26.3 Å². The highest BCUT2D eigenvalue weighted by molar-refractivity contribution is 6.45. The molecule has 0 atom stereocenters. The van der Waals surface area contributed by atoms with E-state index in [0.717, 1.165) is 16.7 Å². The molecule has 110 valence electrons. The van der Waals surface area contributed by atoms with Gasteiger partial charge in [0.15, 0.2) is 0 Å². The van der Waals surface area contributed by atoms with Crippen molar-refractivity contribution in [2.24, 2.45) is 0 Å². The molecule has 0 saturated heterocycles. The molecule has 2 nitrogen and oxygen atoms in total. The Morgan fingerprint density at radius 1 is 1.10 bits per heavy atom.